The second-order valence-electron chi connectivity index (χ2n) is 10.7. The fourth-order valence-corrected chi connectivity index (χ4v) is 9.15. The minimum Gasteiger partial charge on any atom is -0.506 e. The van der Waals surface area contributed by atoms with Gasteiger partial charge in [0.05, 0.1) is 22.9 Å². The van der Waals surface area contributed by atoms with Gasteiger partial charge in [-0.15, -0.1) is 0 Å². The Labute approximate surface area is 206 Å². The predicted octanol–water partition coefficient (Wildman–Crippen LogP) is 2.86. The Morgan fingerprint density at radius 3 is 2.62 bits per heavy atom. The third-order valence-corrected chi connectivity index (χ3v) is 10.9. The van der Waals surface area contributed by atoms with E-state index in [-0.39, 0.29) is 40.7 Å². The highest BCUT2D eigenvalue weighted by Gasteiger charge is 2.72. The first-order valence-electron chi connectivity index (χ1n) is 11.7. The molecule has 4 atom stereocenters. The Bertz CT molecular complexity index is 1100. The maximum Gasteiger partial charge on any atom is 0.329 e. The number of esters is 1. The Balaban J connectivity index is 1.49. The van der Waals surface area contributed by atoms with Crippen LogP contribution in [0.5, 0.6) is 5.75 Å². The molecule has 0 radical (unpaired) electrons. The summed E-state index contributed by atoms with van der Waals surface area (Å²) in [7, 11) is -3.60. The normalized spacial score (nSPS) is 29.7. The number of aromatic hydroxyl groups is 1. The summed E-state index contributed by atoms with van der Waals surface area (Å²) in [6.45, 7) is 7.74. The van der Waals surface area contributed by atoms with Gasteiger partial charge in [-0.3, -0.25) is 4.79 Å². The minimum atomic E-state index is -3.60. The van der Waals surface area contributed by atoms with Gasteiger partial charge in [0.1, 0.15) is 11.8 Å². The summed E-state index contributed by atoms with van der Waals surface area (Å²) < 4.78 is 33.3. The molecule has 1 saturated heterocycles. The molecule has 1 aliphatic heterocycles. The van der Waals surface area contributed by atoms with Crippen molar-refractivity contribution in [2.45, 2.75) is 70.8 Å². The Morgan fingerprint density at radius 2 is 2.03 bits per heavy atom. The monoisotopic (exact) mass is 512 g/mol. The summed E-state index contributed by atoms with van der Waals surface area (Å²) in [6.07, 6.45) is 2.24. The number of benzene rings is 1. The number of ether oxygens (including phenoxy) is 1. The number of nitrogens with zero attached hydrogens (tertiary/aromatic N) is 1. The molecule has 2 aliphatic carbocycles. The molecule has 2 N–H and O–H groups in total. The largest absolute Gasteiger partial charge is 0.506 e. The van der Waals surface area contributed by atoms with Crippen molar-refractivity contribution in [3.05, 3.63) is 28.8 Å². The van der Waals surface area contributed by atoms with Crippen molar-refractivity contribution in [3.63, 3.8) is 0 Å². The second kappa shape index (κ2) is 8.68. The number of nitrogens with one attached hydrogen (secondary N) is 1. The minimum absolute atomic E-state index is 0.0856. The third kappa shape index (κ3) is 4.09. The van der Waals surface area contributed by atoms with Gasteiger partial charge in [0.15, 0.2) is 0 Å². The highest BCUT2D eigenvalue weighted by Crippen LogP contribution is 2.70. The number of sulfonamides is 1. The van der Waals surface area contributed by atoms with E-state index in [2.05, 4.69) is 19.2 Å². The van der Waals surface area contributed by atoms with Crippen LogP contribution in [0.4, 0.5) is 0 Å². The molecule has 1 spiro atoms. The van der Waals surface area contributed by atoms with E-state index in [1.165, 1.54) is 16.4 Å². The van der Waals surface area contributed by atoms with E-state index in [1.807, 2.05) is 0 Å². The summed E-state index contributed by atoms with van der Waals surface area (Å²) in [4.78, 5) is 25.7. The molecule has 4 rings (SSSR count). The van der Waals surface area contributed by atoms with E-state index < -0.39 is 33.2 Å². The molecule has 1 heterocycles. The number of carbonyl (C=O) groups excluding carboxylic acids is 2. The van der Waals surface area contributed by atoms with Crippen LogP contribution in [0.1, 0.15) is 52.5 Å². The average Bonchev–Trinajstić information content (AvgIpc) is 3.21. The smallest absolute Gasteiger partial charge is 0.329 e. The average molecular weight is 513 g/mol. The van der Waals surface area contributed by atoms with Gasteiger partial charge < -0.3 is 15.2 Å². The highest BCUT2D eigenvalue weighted by molar-refractivity contribution is 7.90. The van der Waals surface area contributed by atoms with Gasteiger partial charge in [0.2, 0.25) is 15.9 Å². The number of hydrogen-bond acceptors (Lipinski definition) is 6. The van der Waals surface area contributed by atoms with Crippen LogP contribution in [0, 0.1) is 16.7 Å². The SMILES string of the molecule is CC(C)OC(=O)[C@H](Cc1ccc(O)c(Cl)c1)NC(=O)CN1CC23CCC(CC2S1(=O)=O)C3(C)C. The number of phenols is 1. The van der Waals surface area contributed by atoms with E-state index in [1.54, 1.807) is 19.9 Å². The van der Waals surface area contributed by atoms with Crippen molar-refractivity contribution >= 4 is 33.5 Å². The lowest BCUT2D eigenvalue weighted by Crippen LogP contribution is -2.48. The van der Waals surface area contributed by atoms with E-state index in [0.717, 1.165) is 12.8 Å². The molecule has 0 aromatic heterocycles. The summed E-state index contributed by atoms with van der Waals surface area (Å²) in [6, 6.07) is 3.51. The van der Waals surface area contributed by atoms with Gasteiger partial charge in [-0.1, -0.05) is 31.5 Å². The highest BCUT2D eigenvalue weighted by atomic mass is 35.5. The number of phenolic OH excluding ortho intramolecular Hbond substituents is 1. The molecule has 3 unspecified atom stereocenters. The molecule has 10 heteroatoms. The first-order chi connectivity index (χ1) is 15.8. The maximum atomic E-state index is 13.3. The van der Waals surface area contributed by atoms with Crippen LogP contribution in [-0.2, 0) is 30.8 Å². The molecule has 2 bridgehead atoms. The summed E-state index contributed by atoms with van der Waals surface area (Å²) >= 11 is 5.98. The van der Waals surface area contributed by atoms with Crippen LogP contribution in [0.2, 0.25) is 5.02 Å². The fourth-order valence-electron chi connectivity index (χ4n) is 6.34. The molecule has 188 valence electrons. The standard InChI is InChI=1S/C24H33ClN2O6S/c1-14(2)33-22(30)18(10-15-5-6-19(28)17(25)9-15)26-21(29)12-27-13-24-8-7-16(23(24,3)4)11-20(24)34(27,31)32/h5-6,9,14,16,18,20,28H,7-8,10-13H2,1-4H3,(H,26,29)/t16?,18-,20?,24?/m0/s1. The Hall–Kier alpha value is -1.84. The predicted molar refractivity (Wildman–Crippen MR) is 128 cm³/mol. The molecule has 8 nitrogen and oxygen atoms in total. The van der Waals surface area contributed by atoms with E-state index in [4.69, 9.17) is 16.3 Å². The van der Waals surface area contributed by atoms with Crippen molar-refractivity contribution < 1.29 is 27.9 Å². The zero-order valence-corrected chi connectivity index (χ0v) is 21.6. The van der Waals surface area contributed by atoms with Crippen LogP contribution in [0.25, 0.3) is 0 Å². The van der Waals surface area contributed by atoms with Gasteiger partial charge in [-0.25, -0.2) is 13.2 Å². The number of halogens is 1. The fraction of sp³-hybridized carbons (Fsp3) is 0.667. The van der Waals surface area contributed by atoms with Crippen LogP contribution in [0.3, 0.4) is 0 Å². The van der Waals surface area contributed by atoms with Crippen LogP contribution in [-0.4, -0.2) is 60.2 Å². The first kappa shape index (κ1) is 25.3. The van der Waals surface area contributed by atoms with E-state index >= 15 is 0 Å². The number of amides is 1. The van der Waals surface area contributed by atoms with Gasteiger partial charge in [0.25, 0.3) is 0 Å². The molecule has 2 saturated carbocycles. The zero-order chi connectivity index (χ0) is 25.1. The van der Waals surface area contributed by atoms with Gasteiger partial charge >= 0.3 is 5.97 Å². The van der Waals surface area contributed by atoms with Gasteiger partial charge in [-0.05, 0) is 62.1 Å². The zero-order valence-electron chi connectivity index (χ0n) is 20.0. The second-order valence-corrected chi connectivity index (χ2v) is 13.3. The number of hydrogen-bond donors (Lipinski definition) is 2. The van der Waals surface area contributed by atoms with Crippen LogP contribution >= 0.6 is 11.6 Å². The Kier molecular flexibility index (Phi) is 6.44. The van der Waals surface area contributed by atoms with Gasteiger partial charge in [-0.2, -0.15) is 4.31 Å². The van der Waals surface area contributed by atoms with Crippen molar-refractivity contribution in [2.24, 2.45) is 16.7 Å². The molecule has 1 aromatic rings. The molecule has 1 aromatic carbocycles. The van der Waals surface area contributed by atoms with Crippen LogP contribution < -0.4 is 5.32 Å². The van der Waals surface area contributed by atoms with Gasteiger partial charge in [0, 0.05) is 18.4 Å². The third-order valence-electron chi connectivity index (χ3n) is 8.28. The number of rotatable bonds is 7. The number of fused-ring (bicyclic) bond motifs is 1. The van der Waals surface area contributed by atoms with Crippen molar-refractivity contribution in [3.8, 4) is 5.75 Å². The quantitative estimate of drug-likeness (QED) is 0.543. The first-order valence-corrected chi connectivity index (χ1v) is 13.6. The topological polar surface area (TPSA) is 113 Å². The Morgan fingerprint density at radius 1 is 1.32 bits per heavy atom. The van der Waals surface area contributed by atoms with E-state index in [0.29, 0.717) is 24.4 Å². The molecule has 1 amide bonds. The van der Waals surface area contributed by atoms with Crippen molar-refractivity contribution in [1.82, 2.24) is 9.62 Å². The van der Waals surface area contributed by atoms with Crippen molar-refractivity contribution in [2.75, 3.05) is 13.1 Å². The summed E-state index contributed by atoms with van der Waals surface area (Å²) in [5.74, 6) is -0.859. The molecule has 3 aliphatic rings. The molecule has 3 fully saturated rings. The number of carbonyl (C=O) groups is 2. The van der Waals surface area contributed by atoms with Crippen molar-refractivity contribution in [1.29, 1.82) is 0 Å². The lowest BCUT2D eigenvalue weighted by Gasteiger charge is -2.36. The lowest BCUT2D eigenvalue weighted by atomic mass is 9.69. The van der Waals surface area contributed by atoms with E-state index in [9.17, 15) is 23.1 Å². The lowest BCUT2D eigenvalue weighted by molar-refractivity contribution is -0.151. The van der Waals surface area contributed by atoms with Crippen LogP contribution in [0.15, 0.2) is 18.2 Å². The molecule has 34 heavy (non-hydrogen) atoms. The summed E-state index contributed by atoms with van der Waals surface area (Å²) in [5.41, 5.74) is 0.211. The summed E-state index contributed by atoms with van der Waals surface area (Å²) in [5, 5.41) is 12.0. The maximum absolute atomic E-state index is 13.3. The molecular weight excluding hydrogens is 480 g/mol. The molecular formula is C24H33ClN2O6S.